The van der Waals surface area contributed by atoms with Gasteiger partial charge >= 0.3 is 0 Å². The lowest BCUT2D eigenvalue weighted by molar-refractivity contribution is -0.116. The Morgan fingerprint density at radius 3 is 2.52 bits per heavy atom. The van der Waals surface area contributed by atoms with Gasteiger partial charge in [-0.05, 0) is 57.0 Å². The van der Waals surface area contributed by atoms with Gasteiger partial charge in [0, 0.05) is 36.6 Å². The number of nitrogens with zero attached hydrogens (tertiary/aromatic N) is 3. The first kappa shape index (κ1) is 20.5. The Bertz CT molecular complexity index is 1240. The normalized spacial score (nSPS) is 13.2. The average Bonchev–Trinajstić information content (AvgIpc) is 3.13. The number of benzene rings is 1. The van der Waals surface area contributed by atoms with E-state index in [1.807, 2.05) is 39.0 Å². The summed E-state index contributed by atoms with van der Waals surface area (Å²) in [6.07, 6.45) is 2.35. The summed E-state index contributed by atoms with van der Waals surface area (Å²) < 4.78 is 0. The number of rotatable bonds is 5. The molecule has 0 bridgehead atoms. The molecule has 3 aromatic rings. The van der Waals surface area contributed by atoms with Gasteiger partial charge in [-0.15, -0.1) is 0 Å². The minimum Gasteiger partial charge on any atom is -0.375 e. The van der Waals surface area contributed by atoms with Crippen LogP contribution >= 0.6 is 0 Å². The van der Waals surface area contributed by atoms with Crippen LogP contribution in [0.5, 0.6) is 0 Å². The zero-order valence-corrected chi connectivity index (χ0v) is 17.9. The Hall–Kier alpha value is -3.75. The molecular weight excluding hydrogens is 396 g/mol. The predicted molar refractivity (Wildman–Crippen MR) is 122 cm³/mol. The molecule has 31 heavy (non-hydrogen) atoms. The van der Waals surface area contributed by atoms with Gasteiger partial charge in [0.25, 0.3) is 10.9 Å². The number of fused-ring (bicyclic) bond motifs is 1. The zero-order chi connectivity index (χ0) is 22.3. The fourth-order valence-corrected chi connectivity index (χ4v) is 3.56. The smallest absolute Gasteiger partial charge is 0.253 e. The molecule has 9 heteroatoms. The second-order valence-electron chi connectivity index (χ2n) is 8.56. The standard InChI is InChI=1S/C22H24N6O3/c1-12(29)28-10-8-13-11-14(5-6-15(13)28)24-21-23-9-7-16(26-21)25-17-18(20(31)19(17)30)27-22(2,3)4/h5-7,9,11,27H,8,10H2,1-4H3,(H2,23,24,25,26). The van der Waals surface area contributed by atoms with Crippen molar-refractivity contribution in [3.63, 3.8) is 0 Å². The average molecular weight is 420 g/mol. The van der Waals surface area contributed by atoms with E-state index in [9.17, 15) is 14.4 Å². The highest BCUT2D eigenvalue weighted by atomic mass is 16.2. The van der Waals surface area contributed by atoms with Crippen molar-refractivity contribution in [1.82, 2.24) is 9.97 Å². The Kier molecular flexibility index (Phi) is 4.96. The first-order valence-corrected chi connectivity index (χ1v) is 10.0. The second-order valence-corrected chi connectivity index (χ2v) is 8.56. The van der Waals surface area contributed by atoms with Crippen LogP contribution in [0.2, 0.25) is 0 Å². The van der Waals surface area contributed by atoms with Crippen LogP contribution in [0.25, 0.3) is 0 Å². The molecule has 4 rings (SSSR count). The van der Waals surface area contributed by atoms with Crippen molar-refractivity contribution in [2.75, 3.05) is 27.4 Å². The van der Waals surface area contributed by atoms with Gasteiger partial charge < -0.3 is 20.9 Å². The third-order valence-corrected chi connectivity index (χ3v) is 4.93. The molecule has 0 aliphatic carbocycles. The van der Waals surface area contributed by atoms with Crippen LogP contribution in [0.3, 0.4) is 0 Å². The van der Waals surface area contributed by atoms with E-state index in [0.29, 0.717) is 18.3 Å². The molecule has 0 saturated heterocycles. The molecule has 2 heterocycles. The van der Waals surface area contributed by atoms with E-state index in [1.54, 1.807) is 24.1 Å². The second kappa shape index (κ2) is 7.50. The quantitative estimate of drug-likeness (QED) is 0.540. The third kappa shape index (κ3) is 4.11. The summed E-state index contributed by atoms with van der Waals surface area (Å²) in [6.45, 7) is 7.97. The van der Waals surface area contributed by atoms with Crippen LogP contribution in [0.1, 0.15) is 33.3 Å². The van der Waals surface area contributed by atoms with Gasteiger partial charge in [0.15, 0.2) is 0 Å². The highest BCUT2D eigenvalue weighted by Crippen LogP contribution is 2.31. The fourth-order valence-electron chi connectivity index (χ4n) is 3.56. The topological polar surface area (TPSA) is 116 Å². The van der Waals surface area contributed by atoms with Crippen LogP contribution in [0, 0.1) is 0 Å². The third-order valence-electron chi connectivity index (χ3n) is 4.93. The summed E-state index contributed by atoms with van der Waals surface area (Å²) in [6, 6.07) is 7.37. The van der Waals surface area contributed by atoms with Crippen LogP contribution in [-0.4, -0.2) is 28.0 Å². The molecule has 0 atom stereocenters. The molecule has 2 aromatic carbocycles. The lowest BCUT2D eigenvalue weighted by Crippen LogP contribution is -2.41. The van der Waals surface area contributed by atoms with Crippen molar-refractivity contribution in [3.05, 3.63) is 56.5 Å². The number of hydrogen-bond acceptors (Lipinski definition) is 8. The van der Waals surface area contributed by atoms with Gasteiger partial charge in [-0.3, -0.25) is 14.4 Å². The van der Waals surface area contributed by atoms with Gasteiger partial charge in [0.05, 0.1) is 0 Å². The number of amides is 1. The Balaban J connectivity index is 1.52. The van der Waals surface area contributed by atoms with Gasteiger partial charge in [-0.25, -0.2) is 4.98 Å². The van der Waals surface area contributed by atoms with Crippen LogP contribution in [-0.2, 0) is 11.2 Å². The largest absolute Gasteiger partial charge is 0.375 e. The predicted octanol–water partition coefficient (Wildman–Crippen LogP) is 2.68. The number of anilines is 6. The molecule has 1 amide bonds. The van der Waals surface area contributed by atoms with E-state index in [0.717, 1.165) is 23.4 Å². The lowest BCUT2D eigenvalue weighted by atomic mass is 10.1. The van der Waals surface area contributed by atoms with Gasteiger partial charge in [0.2, 0.25) is 11.9 Å². The molecule has 3 N–H and O–H groups in total. The minimum absolute atomic E-state index is 0.0280. The van der Waals surface area contributed by atoms with Crippen molar-refractivity contribution in [2.24, 2.45) is 0 Å². The van der Waals surface area contributed by atoms with E-state index in [-0.39, 0.29) is 22.8 Å². The summed E-state index contributed by atoms with van der Waals surface area (Å²) in [5.74, 6) is 0.765. The summed E-state index contributed by atoms with van der Waals surface area (Å²) in [5, 5.41) is 9.13. The maximum absolute atomic E-state index is 12.0. The SMILES string of the molecule is CC(=O)N1CCc2cc(Nc3nccc(Nc4c(NC(C)(C)C)c(=O)c4=O)n3)ccc21. The first-order chi connectivity index (χ1) is 14.6. The van der Waals surface area contributed by atoms with Crippen LogP contribution < -0.4 is 31.7 Å². The van der Waals surface area contributed by atoms with Crippen LogP contribution in [0.4, 0.5) is 34.5 Å². The molecular formula is C22H24N6O3. The summed E-state index contributed by atoms with van der Waals surface area (Å²) in [7, 11) is 0. The zero-order valence-electron chi connectivity index (χ0n) is 17.9. The van der Waals surface area contributed by atoms with Crippen molar-refractivity contribution in [1.29, 1.82) is 0 Å². The maximum atomic E-state index is 12.0. The highest BCUT2D eigenvalue weighted by molar-refractivity contribution is 5.94. The molecule has 1 aromatic heterocycles. The number of hydrogen-bond donors (Lipinski definition) is 3. The van der Waals surface area contributed by atoms with E-state index in [4.69, 9.17) is 0 Å². The number of nitrogens with one attached hydrogen (secondary N) is 3. The van der Waals surface area contributed by atoms with Crippen molar-refractivity contribution >= 4 is 40.4 Å². The van der Waals surface area contributed by atoms with Crippen molar-refractivity contribution in [3.8, 4) is 0 Å². The molecule has 160 valence electrons. The highest BCUT2D eigenvalue weighted by Gasteiger charge is 2.25. The Morgan fingerprint density at radius 1 is 1.06 bits per heavy atom. The molecule has 0 radical (unpaired) electrons. The number of carbonyl (C=O) groups excluding carboxylic acids is 1. The van der Waals surface area contributed by atoms with Crippen molar-refractivity contribution < 1.29 is 4.79 Å². The van der Waals surface area contributed by atoms with Crippen LogP contribution in [0.15, 0.2) is 40.1 Å². The van der Waals surface area contributed by atoms with Gasteiger partial charge in [-0.1, -0.05) is 0 Å². The molecule has 9 nitrogen and oxygen atoms in total. The van der Waals surface area contributed by atoms with E-state index in [2.05, 4.69) is 25.9 Å². The van der Waals surface area contributed by atoms with Gasteiger partial charge in [-0.2, -0.15) is 4.98 Å². The fraction of sp³-hybridized carbons (Fsp3) is 0.318. The Labute approximate surface area is 179 Å². The first-order valence-electron chi connectivity index (χ1n) is 10.0. The molecule has 0 unspecified atom stereocenters. The van der Waals surface area contributed by atoms with E-state index < -0.39 is 10.9 Å². The maximum Gasteiger partial charge on any atom is 0.253 e. The summed E-state index contributed by atoms with van der Waals surface area (Å²) >= 11 is 0. The molecule has 0 spiro atoms. The number of carbonyl (C=O) groups is 1. The minimum atomic E-state index is -0.575. The monoisotopic (exact) mass is 420 g/mol. The molecule has 1 aliphatic heterocycles. The summed E-state index contributed by atoms with van der Waals surface area (Å²) in [4.78, 5) is 46.0. The molecule has 0 saturated carbocycles. The molecule has 0 fully saturated rings. The lowest BCUT2D eigenvalue weighted by Gasteiger charge is -2.24. The Morgan fingerprint density at radius 2 is 1.81 bits per heavy atom. The van der Waals surface area contributed by atoms with E-state index in [1.165, 1.54) is 0 Å². The summed E-state index contributed by atoms with van der Waals surface area (Å²) in [5.41, 5.74) is 1.79. The number of aromatic nitrogens is 2. The van der Waals surface area contributed by atoms with E-state index >= 15 is 0 Å². The molecule has 1 aliphatic rings. The van der Waals surface area contributed by atoms with Crippen molar-refractivity contribution in [2.45, 2.75) is 39.7 Å². The van der Waals surface area contributed by atoms with Gasteiger partial charge in [0.1, 0.15) is 17.2 Å².